The van der Waals surface area contributed by atoms with Crippen LogP contribution in [-0.4, -0.2) is 21.4 Å². The highest BCUT2D eigenvalue weighted by atomic mass is 19.4. The molecule has 18 heavy (non-hydrogen) atoms. The molecule has 4 nitrogen and oxygen atoms in total. The van der Waals surface area contributed by atoms with Gasteiger partial charge in [-0.05, 0) is 24.3 Å². The van der Waals surface area contributed by atoms with Gasteiger partial charge in [0.2, 0.25) is 0 Å². The summed E-state index contributed by atoms with van der Waals surface area (Å²) in [5.41, 5.74) is 0.443. The Bertz CT molecular complexity index is 541. The second kappa shape index (κ2) is 4.52. The van der Waals surface area contributed by atoms with Crippen molar-refractivity contribution in [3.8, 4) is 22.9 Å². The van der Waals surface area contributed by atoms with Crippen LogP contribution in [0.1, 0.15) is 0 Å². The van der Waals surface area contributed by atoms with E-state index in [1.54, 1.807) is 0 Å². The van der Waals surface area contributed by atoms with Crippen molar-refractivity contribution in [2.24, 2.45) is 0 Å². The molecular weight excluding hydrogens is 249 g/mol. The number of pyridine rings is 2. The molecule has 0 aliphatic rings. The number of halogens is 3. The lowest BCUT2D eigenvalue weighted by Crippen LogP contribution is -2.17. The number of nitrogens with zero attached hydrogens (tertiary/aromatic N) is 2. The molecule has 0 atom stereocenters. The summed E-state index contributed by atoms with van der Waals surface area (Å²) in [6, 6.07) is 5.32. The van der Waals surface area contributed by atoms with E-state index in [0.717, 1.165) is 12.3 Å². The van der Waals surface area contributed by atoms with Crippen molar-refractivity contribution in [1.29, 1.82) is 0 Å². The molecular formula is C11H7F3N2O2. The maximum atomic E-state index is 11.9. The van der Waals surface area contributed by atoms with E-state index in [0.29, 0.717) is 0 Å². The summed E-state index contributed by atoms with van der Waals surface area (Å²) in [6.45, 7) is 0. The van der Waals surface area contributed by atoms with Gasteiger partial charge < -0.3 is 9.84 Å². The van der Waals surface area contributed by atoms with Crippen LogP contribution < -0.4 is 4.74 Å². The molecule has 0 aromatic carbocycles. The van der Waals surface area contributed by atoms with E-state index in [2.05, 4.69) is 14.7 Å². The standard InChI is InChI=1S/C11H7F3N2O2/c12-11(13,14)18-7-3-4-8(16-6-7)10-9(17)2-1-5-15-10/h1-6,17H. The molecule has 1 N–H and O–H groups in total. The molecule has 2 aromatic heterocycles. The van der Waals surface area contributed by atoms with Crippen LogP contribution in [0.25, 0.3) is 11.4 Å². The highest BCUT2D eigenvalue weighted by molar-refractivity contribution is 5.61. The molecule has 0 radical (unpaired) electrons. The average molecular weight is 256 g/mol. The molecule has 94 valence electrons. The van der Waals surface area contributed by atoms with Gasteiger partial charge in [-0.3, -0.25) is 9.97 Å². The highest BCUT2D eigenvalue weighted by Crippen LogP contribution is 2.27. The van der Waals surface area contributed by atoms with Crippen LogP contribution in [-0.2, 0) is 0 Å². The molecule has 0 amide bonds. The summed E-state index contributed by atoms with van der Waals surface area (Å²) < 4.78 is 39.5. The zero-order valence-electron chi connectivity index (χ0n) is 8.85. The van der Waals surface area contributed by atoms with Crippen LogP contribution in [0.2, 0.25) is 0 Å². The molecule has 7 heteroatoms. The summed E-state index contributed by atoms with van der Waals surface area (Å²) >= 11 is 0. The summed E-state index contributed by atoms with van der Waals surface area (Å²) in [4.78, 5) is 7.62. The van der Waals surface area contributed by atoms with Crippen molar-refractivity contribution in [2.45, 2.75) is 6.36 Å². The predicted octanol–water partition coefficient (Wildman–Crippen LogP) is 2.75. The Hall–Kier alpha value is -2.31. The van der Waals surface area contributed by atoms with Crippen LogP contribution in [0.15, 0.2) is 36.7 Å². The Morgan fingerprint density at radius 1 is 1.11 bits per heavy atom. The Balaban J connectivity index is 2.26. The van der Waals surface area contributed by atoms with E-state index < -0.39 is 12.1 Å². The smallest absolute Gasteiger partial charge is 0.506 e. The fraction of sp³-hybridized carbons (Fsp3) is 0.0909. The van der Waals surface area contributed by atoms with Gasteiger partial charge in [-0.15, -0.1) is 13.2 Å². The van der Waals surface area contributed by atoms with E-state index in [1.165, 1.54) is 24.4 Å². The van der Waals surface area contributed by atoms with Crippen molar-refractivity contribution in [3.05, 3.63) is 36.7 Å². The van der Waals surface area contributed by atoms with Crippen molar-refractivity contribution in [1.82, 2.24) is 9.97 Å². The van der Waals surface area contributed by atoms with E-state index in [4.69, 9.17) is 0 Å². The van der Waals surface area contributed by atoms with Crippen molar-refractivity contribution in [2.75, 3.05) is 0 Å². The zero-order valence-corrected chi connectivity index (χ0v) is 8.85. The number of aromatic nitrogens is 2. The van der Waals surface area contributed by atoms with Crippen LogP contribution in [0, 0.1) is 0 Å². The van der Waals surface area contributed by atoms with Crippen LogP contribution in [0.5, 0.6) is 11.5 Å². The van der Waals surface area contributed by atoms with Gasteiger partial charge in [-0.2, -0.15) is 0 Å². The van der Waals surface area contributed by atoms with Crippen LogP contribution >= 0.6 is 0 Å². The van der Waals surface area contributed by atoms with E-state index >= 15 is 0 Å². The molecule has 0 aliphatic carbocycles. The molecule has 0 spiro atoms. The predicted molar refractivity (Wildman–Crippen MR) is 55.8 cm³/mol. The summed E-state index contributed by atoms with van der Waals surface area (Å²) in [5, 5.41) is 9.51. The fourth-order valence-electron chi connectivity index (χ4n) is 1.31. The number of hydrogen-bond acceptors (Lipinski definition) is 4. The molecule has 0 aliphatic heterocycles. The van der Waals surface area contributed by atoms with Crippen molar-refractivity contribution in [3.63, 3.8) is 0 Å². The van der Waals surface area contributed by atoms with Gasteiger partial charge in [-0.1, -0.05) is 0 Å². The van der Waals surface area contributed by atoms with E-state index in [9.17, 15) is 18.3 Å². The first-order chi connectivity index (χ1) is 8.46. The third-order valence-corrected chi connectivity index (χ3v) is 2.00. The number of hydrogen-bond donors (Lipinski definition) is 1. The van der Waals surface area contributed by atoms with Crippen molar-refractivity contribution < 1.29 is 23.0 Å². The van der Waals surface area contributed by atoms with Gasteiger partial charge in [0.1, 0.15) is 17.2 Å². The summed E-state index contributed by atoms with van der Waals surface area (Å²) in [5.74, 6) is -0.531. The molecule has 2 heterocycles. The van der Waals surface area contributed by atoms with Gasteiger partial charge in [0.15, 0.2) is 0 Å². The number of rotatable bonds is 2. The SMILES string of the molecule is Oc1cccnc1-c1ccc(OC(F)(F)F)cn1. The van der Waals surface area contributed by atoms with Crippen molar-refractivity contribution >= 4 is 0 Å². The Morgan fingerprint density at radius 2 is 1.89 bits per heavy atom. The maximum absolute atomic E-state index is 11.9. The molecule has 0 saturated heterocycles. The van der Waals surface area contributed by atoms with Gasteiger partial charge in [0.05, 0.1) is 11.9 Å². The Morgan fingerprint density at radius 3 is 2.44 bits per heavy atom. The topological polar surface area (TPSA) is 55.2 Å². The van der Waals surface area contributed by atoms with Gasteiger partial charge in [-0.25, -0.2) is 0 Å². The molecule has 2 aromatic rings. The molecule has 0 saturated carbocycles. The third-order valence-electron chi connectivity index (χ3n) is 2.00. The minimum Gasteiger partial charge on any atom is -0.506 e. The molecule has 0 bridgehead atoms. The second-order valence-corrected chi connectivity index (χ2v) is 3.30. The molecule has 0 fully saturated rings. The van der Waals surface area contributed by atoms with E-state index in [-0.39, 0.29) is 17.1 Å². The number of ether oxygens (including phenoxy) is 1. The fourth-order valence-corrected chi connectivity index (χ4v) is 1.31. The number of alkyl halides is 3. The largest absolute Gasteiger partial charge is 0.573 e. The first kappa shape index (κ1) is 12.2. The lowest BCUT2D eigenvalue weighted by molar-refractivity contribution is -0.274. The van der Waals surface area contributed by atoms with Gasteiger partial charge >= 0.3 is 6.36 Å². The zero-order chi connectivity index (χ0) is 13.2. The quantitative estimate of drug-likeness (QED) is 0.897. The van der Waals surface area contributed by atoms with Gasteiger partial charge in [0.25, 0.3) is 0 Å². The summed E-state index contributed by atoms with van der Waals surface area (Å²) in [6.07, 6.45) is -2.40. The first-order valence-electron chi connectivity index (χ1n) is 4.82. The van der Waals surface area contributed by atoms with Crippen LogP contribution in [0.4, 0.5) is 13.2 Å². The highest BCUT2D eigenvalue weighted by Gasteiger charge is 2.31. The van der Waals surface area contributed by atoms with E-state index in [1.807, 2.05) is 0 Å². The first-order valence-corrected chi connectivity index (χ1v) is 4.82. The monoisotopic (exact) mass is 256 g/mol. The normalized spacial score (nSPS) is 11.3. The number of aromatic hydroxyl groups is 1. The summed E-state index contributed by atoms with van der Waals surface area (Å²) in [7, 11) is 0. The average Bonchev–Trinajstić information content (AvgIpc) is 2.29. The Kier molecular flexibility index (Phi) is 3.05. The maximum Gasteiger partial charge on any atom is 0.573 e. The van der Waals surface area contributed by atoms with Gasteiger partial charge in [0, 0.05) is 6.20 Å². The third kappa shape index (κ3) is 2.88. The van der Waals surface area contributed by atoms with Crippen LogP contribution in [0.3, 0.4) is 0 Å². The molecule has 0 unspecified atom stereocenters. The lowest BCUT2D eigenvalue weighted by Gasteiger charge is -2.08. The lowest BCUT2D eigenvalue weighted by atomic mass is 10.2. The minimum atomic E-state index is -4.75. The Labute approximate surface area is 99.7 Å². The molecule has 2 rings (SSSR count). The second-order valence-electron chi connectivity index (χ2n) is 3.30. The minimum absolute atomic E-state index is 0.102.